The van der Waals surface area contributed by atoms with Crippen molar-refractivity contribution in [3.63, 3.8) is 0 Å². The number of carbonyl (C=O) groups excluding carboxylic acids is 1. The average molecular weight is 297 g/mol. The van der Waals surface area contributed by atoms with Crippen LogP contribution in [0.5, 0.6) is 0 Å². The molecule has 1 atom stereocenters. The largest absolute Gasteiger partial charge is 0.374 e. The summed E-state index contributed by atoms with van der Waals surface area (Å²) >= 11 is 5.93. The Morgan fingerprint density at radius 2 is 2.30 bits per heavy atom. The Kier molecular flexibility index (Phi) is 4.55. The predicted octanol–water partition coefficient (Wildman–Crippen LogP) is 3.05. The first-order valence-corrected chi connectivity index (χ1v) is 7.18. The second kappa shape index (κ2) is 6.02. The maximum absolute atomic E-state index is 12.3. The van der Waals surface area contributed by atoms with Crippen molar-refractivity contribution in [1.29, 1.82) is 0 Å². The highest BCUT2D eigenvalue weighted by Gasteiger charge is 2.36. The van der Waals surface area contributed by atoms with E-state index in [1.54, 1.807) is 0 Å². The number of hydrogen-bond acceptors (Lipinski definition) is 2. The first-order chi connectivity index (χ1) is 9.38. The number of benzene rings is 1. The third-order valence-electron chi connectivity index (χ3n) is 3.47. The summed E-state index contributed by atoms with van der Waals surface area (Å²) < 4.78 is 5.61. The minimum atomic E-state index is -0.287. The van der Waals surface area contributed by atoms with Gasteiger partial charge in [-0.05, 0) is 38.5 Å². The van der Waals surface area contributed by atoms with Crippen LogP contribution in [0.4, 0.5) is 4.79 Å². The molecule has 1 aliphatic heterocycles. The lowest BCUT2D eigenvalue weighted by Crippen LogP contribution is -2.60. The molecule has 1 heterocycles. The molecule has 1 fully saturated rings. The Balaban J connectivity index is 1.97. The zero-order chi connectivity index (χ0) is 14.8. The van der Waals surface area contributed by atoms with E-state index >= 15 is 0 Å². The molecule has 110 valence electrons. The molecule has 0 spiro atoms. The molecule has 1 aromatic rings. The van der Waals surface area contributed by atoms with E-state index in [-0.39, 0.29) is 17.7 Å². The predicted molar refractivity (Wildman–Crippen MR) is 79.9 cm³/mol. The summed E-state index contributed by atoms with van der Waals surface area (Å²) in [5, 5.41) is 3.62. The molecular weight excluding hydrogens is 276 g/mol. The standard InChI is InChI=1S/C15H21ClN2O2/c1-11-9-18(15(2,3)10-20-11)14(19)17-8-12-5-4-6-13(16)7-12/h4-7,11H,8-10H2,1-3H3,(H,17,19). The van der Waals surface area contributed by atoms with Gasteiger partial charge in [0.25, 0.3) is 0 Å². The summed E-state index contributed by atoms with van der Waals surface area (Å²) in [5.41, 5.74) is 0.704. The van der Waals surface area contributed by atoms with Crippen LogP contribution in [0.1, 0.15) is 26.3 Å². The van der Waals surface area contributed by atoms with Gasteiger partial charge in [-0.25, -0.2) is 4.79 Å². The minimum Gasteiger partial charge on any atom is -0.374 e. The number of morpholine rings is 1. The Morgan fingerprint density at radius 1 is 1.55 bits per heavy atom. The van der Waals surface area contributed by atoms with Gasteiger partial charge in [0.05, 0.1) is 18.2 Å². The lowest BCUT2D eigenvalue weighted by atomic mass is 10.0. The second-order valence-corrected chi connectivity index (χ2v) is 6.27. The summed E-state index contributed by atoms with van der Waals surface area (Å²) in [6, 6.07) is 7.43. The van der Waals surface area contributed by atoms with E-state index in [1.165, 1.54) is 0 Å². The van der Waals surface area contributed by atoms with Crippen molar-refractivity contribution in [3.8, 4) is 0 Å². The van der Waals surface area contributed by atoms with Crippen molar-refractivity contribution in [2.24, 2.45) is 0 Å². The molecule has 1 aromatic carbocycles. The van der Waals surface area contributed by atoms with Gasteiger partial charge in [-0.15, -0.1) is 0 Å². The summed E-state index contributed by atoms with van der Waals surface area (Å²) in [7, 11) is 0. The molecule has 1 aliphatic rings. The first kappa shape index (κ1) is 15.1. The van der Waals surface area contributed by atoms with Gasteiger partial charge >= 0.3 is 6.03 Å². The van der Waals surface area contributed by atoms with Gasteiger partial charge in [0.15, 0.2) is 0 Å². The third kappa shape index (κ3) is 3.64. The summed E-state index contributed by atoms with van der Waals surface area (Å²) in [6.45, 7) is 7.64. The Morgan fingerprint density at radius 3 is 3.00 bits per heavy atom. The van der Waals surface area contributed by atoms with E-state index in [4.69, 9.17) is 16.3 Å². The highest BCUT2D eigenvalue weighted by Crippen LogP contribution is 2.22. The molecule has 4 nitrogen and oxygen atoms in total. The molecule has 0 aromatic heterocycles. The maximum atomic E-state index is 12.3. The van der Waals surface area contributed by atoms with E-state index in [2.05, 4.69) is 5.32 Å². The number of nitrogens with one attached hydrogen (secondary N) is 1. The average Bonchev–Trinajstić information content (AvgIpc) is 2.39. The van der Waals surface area contributed by atoms with Gasteiger partial charge in [-0.1, -0.05) is 23.7 Å². The number of ether oxygens (including phenoxy) is 1. The van der Waals surface area contributed by atoms with Crippen LogP contribution in [-0.2, 0) is 11.3 Å². The first-order valence-electron chi connectivity index (χ1n) is 6.80. The fourth-order valence-corrected chi connectivity index (χ4v) is 2.47. The van der Waals surface area contributed by atoms with Crippen molar-refractivity contribution < 1.29 is 9.53 Å². The normalized spacial score (nSPS) is 21.6. The van der Waals surface area contributed by atoms with Gasteiger partial charge in [0, 0.05) is 18.1 Å². The number of nitrogens with zero attached hydrogens (tertiary/aromatic N) is 1. The second-order valence-electron chi connectivity index (χ2n) is 5.83. The number of halogens is 1. The minimum absolute atomic E-state index is 0.0647. The molecule has 5 heteroatoms. The van der Waals surface area contributed by atoms with Crippen molar-refractivity contribution in [1.82, 2.24) is 10.2 Å². The van der Waals surface area contributed by atoms with Crippen LogP contribution in [-0.4, -0.2) is 35.7 Å². The zero-order valence-corrected chi connectivity index (χ0v) is 12.9. The number of urea groups is 1. The van der Waals surface area contributed by atoms with Gasteiger partial charge in [0.2, 0.25) is 0 Å². The van der Waals surface area contributed by atoms with Gasteiger partial charge in [-0.3, -0.25) is 0 Å². The van der Waals surface area contributed by atoms with Crippen LogP contribution in [0.25, 0.3) is 0 Å². The lowest BCUT2D eigenvalue weighted by Gasteiger charge is -2.44. The van der Waals surface area contributed by atoms with E-state index in [0.29, 0.717) is 24.7 Å². The number of rotatable bonds is 2. The van der Waals surface area contributed by atoms with Crippen LogP contribution in [0.15, 0.2) is 24.3 Å². The fraction of sp³-hybridized carbons (Fsp3) is 0.533. The number of carbonyl (C=O) groups is 1. The monoisotopic (exact) mass is 296 g/mol. The van der Waals surface area contributed by atoms with Crippen molar-refractivity contribution in [2.75, 3.05) is 13.2 Å². The molecule has 1 saturated heterocycles. The molecule has 2 rings (SSSR count). The smallest absolute Gasteiger partial charge is 0.318 e. The van der Waals surface area contributed by atoms with Gasteiger partial charge in [-0.2, -0.15) is 0 Å². The zero-order valence-electron chi connectivity index (χ0n) is 12.1. The van der Waals surface area contributed by atoms with E-state index < -0.39 is 0 Å². The van der Waals surface area contributed by atoms with Crippen LogP contribution >= 0.6 is 11.6 Å². The third-order valence-corrected chi connectivity index (χ3v) is 3.70. The van der Waals surface area contributed by atoms with Crippen LogP contribution < -0.4 is 5.32 Å². The number of amides is 2. The molecule has 20 heavy (non-hydrogen) atoms. The summed E-state index contributed by atoms with van der Waals surface area (Å²) in [6.07, 6.45) is 0.0694. The molecule has 0 saturated carbocycles. The molecule has 0 aliphatic carbocycles. The van der Waals surface area contributed by atoms with E-state index in [9.17, 15) is 4.79 Å². The topological polar surface area (TPSA) is 41.6 Å². The SMILES string of the molecule is CC1CN(C(=O)NCc2cccc(Cl)c2)C(C)(C)CO1. The molecule has 0 radical (unpaired) electrons. The highest BCUT2D eigenvalue weighted by atomic mass is 35.5. The quantitative estimate of drug-likeness (QED) is 0.911. The summed E-state index contributed by atoms with van der Waals surface area (Å²) in [4.78, 5) is 14.2. The van der Waals surface area contributed by atoms with Crippen LogP contribution in [0.3, 0.4) is 0 Å². The molecule has 2 amide bonds. The Labute approximate surface area is 125 Å². The lowest BCUT2D eigenvalue weighted by molar-refractivity contribution is -0.0707. The van der Waals surface area contributed by atoms with Gasteiger partial charge in [0.1, 0.15) is 0 Å². The molecular formula is C15H21ClN2O2. The van der Waals surface area contributed by atoms with Crippen LogP contribution in [0, 0.1) is 0 Å². The molecule has 1 unspecified atom stereocenters. The summed E-state index contributed by atoms with van der Waals surface area (Å²) in [5.74, 6) is 0. The Bertz CT molecular complexity index is 491. The highest BCUT2D eigenvalue weighted by molar-refractivity contribution is 6.30. The molecule has 1 N–H and O–H groups in total. The van der Waals surface area contributed by atoms with Crippen molar-refractivity contribution >= 4 is 17.6 Å². The van der Waals surface area contributed by atoms with Crippen LogP contribution in [0.2, 0.25) is 5.02 Å². The van der Waals surface area contributed by atoms with E-state index in [1.807, 2.05) is 49.9 Å². The maximum Gasteiger partial charge on any atom is 0.318 e. The van der Waals surface area contributed by atoms with E-state index in [0.717, 1.165) is 5.56 Å². The Hall–Kier alpha value is -1.26. The van der Waals surface area contributed by atoms with Crippen molar-refractivity contribution in [2.45, 2.75) is 39.0 Å². The van der Waals surface area contributed by atoms with Gasteiger partial charge < -0.3 is 15.0 Å². The fourth-order valence-electron chi connectivity index (χ4n) is 2.26. The number of hydrogen-bond donors (Lipinski definition) is 1. The van der Waals surface area contributed by atoms with Crippen molar-refractivity contribution in [3.05, 3.63) is 34.9 Å². The molecule has 0 bridgehead atoms.